The zero-order valence-electron chi connectivity index (χ0n) is 21.4. The monoisotopic (exact) mass is 497 g/mol. The lowest BCUT2D eigenvalue weighted by Gasteiger charge is -2.28. The van der Waals surface area contributed by atoms with Gasteiger partial charge in [-0.25, -0.2) is 18.7 Å². The van der Waals surface area contributed by atoms with Crippen molar-refractivity contribution in [3.63, 3.8) is 0 Å². The molecule has 1 aliphatic rings. The number of aryl methyl sites for hydroxylation is 1. The number of nitrogens with one attached hydrogen (secondary N) is 1. The first kappa shape index (κ1) is 25.8. The third kappa shape index (κ3) is 5.13. The van der Waals surface area contributed by atoms with Crippen LogP contribution in [0.3, 0.4) is 0 Å². The van der Waals surface area contributed by atoms with Crippen LogP contribution in [-0.2, 0) is 9.53 Å². The Balaban J connectivity index is 1.69. The number of methoxy groups -OCH3 is 2. The topological polar surface area (TPSA) is 73.3 Å². The van der Waals surface area contributed by atoms with Crippen LogP contribution in [0.4, 0.5) is 14.6 Å². The lowest BCUT2D eigenvalue weighted by molar-refractivity contribution is -0.146. The van der Waals surface area contributed by atoms with Gasteiger partial charge in [0.15, 0.2) is 0 Å². The zero-order valence-corrected chi connectivity index (χ0v) is 21.4. The first-order chi connectivity index (χ1) is 17.2. The molecule has 0 bridgehead atoms. The van der Waals surface area contributed by atoms with Crippen LogP contribution < -0.4 is 10.1 Å². The molecule has 0 spiro atoms. The predicted octanol–water partition coefficient (Wildman–Crippen LogP) is 6.81. The number of aromatic nitrogens is 2. The van der Waals surface area contributed by atoms with Gasteiger partial charge >= 0.3 is 5.97 Å². The van der Waals surface area contributed by atoms with Crippen LogP contribution in [0.1, 0.15) is 79.1 Å². The third-order valence-corrected chi connectivity index (χ3v) is 7.33. The maximum absolute atomic E-state index is 13.5. The van der Waals surface area contributed by atoms with Crippen LogP contribution in [-0.4, -0.2) is 30.2 Å². The molecule has 2 aromatic carbocycles. The molecule has 1 atom stereocenters. The van der Waals surface area contributed by atoms with E-state index in [1.165, 1.54) is 13.2 Å². The second-order valence-corrected chi connectivity index (χ2v) is 9.53. The smallest absolute Gasteiger partial charge is 0.308 e. The molecule has 0 amide bonds. The number of halogens is 2. The molecule has 1 N–H and O–H groups in total. The van der Waals surface area contributed by atoms with E-state index in [1.807, 2.05) is 26.0 Å². The molecule has 0 aliphatic heterocycles. The first-order valence-electron chi connectivity index (χ1n) is 12.3. The second-order valence-electron chi connectivity index (χ2n) is 9.53. The molecule has 36 heavy (non-hydrogen) atoms. The molecule has 192 valence electrons. The normalized spacial score (nSPS) is 18.8. The highest BCUT2D eigenvalue weighted by molar-refractivity contribution is 5.91. The summed E-state index contributed by atoms with van der Waals surface area (Å²) in [6, 6.07) is 8.76. The quantitative estimate of drug-likeness (QED) is 0.362. The molecule has 0 saturated heterocycles. The lowest BCUT2D eigenvalue weighted by Crippen LogP contribution is -2.22. The molecular formula is C28H33F2N3O3. The molecule has 0 radical (unpaired) electrons. The molecule has 6 nitrogen and oxygen atoms in total. The summed E-state index contributed by atoms with van der Waals surface area (Å²) in [7, 11) is 3.09. The van der Waals surface area contributed by atoms with Crippen molar-refractivity contribution in [3.8, 4) is 5.75 Å². The Morgan fingerprint density at radius 1 is 1.06 bits per heavy atom. The van der Waals surface area contributed by atoms with Crippen molar-refractivity contribution in [2.24, 2.45) is 5.92 Å². The van der Waals surface area contributed by atoms with Crippen LogP contribution in [0.2, 0.25) is 0 Å². The minimum absolute atomic E-state index is 0.0412. The largest absolute Gasteiger partial charge is 0.496 e. The number of anilines is 1. The Kier molecular flexibility index (Phi) is 7.71. The fourth-order valence-electron chi connectivity index (χ4n) is 5.36. The summed E-state index contributed by atoms with van der Waals surface area (Å²) < 4.78 is 37.6. The van der Waals surface area contributed by atoms with E-state index in [0.717, 1.165) is 53.5 Å². The van der Waals surface area contributed by atoms with Crippen LogP contribution in [0.25, 0.3) is 10.9 Å². The van der Waals surface area contributed by atoms with Crippen LogP contribution >= 0.6 is 0 Å². The highest BCUT2D eigenvalue weighted by Crippen LogP contribution is 2.42. The Hall–Kier alpha value is -3.29. The van der Waals surface area contributed by atoms with Gasteiger partial charge in [-0.15, -0.1) is 0 Å². The van der Waals surface area contributed by atoms with E-state index in [0.29, 0.717) is 17.2 Å². The molecule has 1 saturated carbocycles. The van der Waals surface area contributed by atoms with Crippen molar-refractivity contribution in [2.45, 2.75) is 64.8 Å². The number of benzene rings is 2. The average Bonchev–Trinajstić information content (AvgIpc) is 2.87. The van der Waals surface area contributed by atoms with Gasteiger partial charge in [-0.2, -0.15) is 0 Å². The highest BCUT2D eigenvalue weighted by Gasteiger charge is 2.29. The van der Waals surface area contributed by atoms with Gasteiger partial charge in [0.1, 0.15) is 17.4 Å². The van der Waals surface area contributed by atoms with Gasteiger partial charge in [0.2, 0.25) is 0 Å². The summed E-state index contributed by atoms with van der Waals surface area (Å²) >= 11 is 0. The van der Waals surface area contributed by atoms with Crippen molar-refractivity contribution in [2.75, 3.05) is 19.5 Å². The lowest BCUT2D eigenvalue weighted by atomic mass is 9.78. The van der Waals surface area contributed by atoms with Crippen molar-refractivity contribution in [1.82, 2.24) is 9.97 Å². The number of carbonyl (C=O) groups excluding carboxylic acids is 1. The van der Waals surface area contributed by atoms with Crippen molar-refractivity contribution in [3.05, 3.63) is 58.4 Å². The van der Waals surface area contributed by atoms with Gasteiger partial charge < -0.3 is 14.8 Å². The average molecular weight is 498 g/mol. The fraction of sp³-hybridized carbons (Fsp3) is 0.464. The van der Waals surface area contributed by atoms with Crippen molar-refractivity contribution < 1.29 is 23.0 Å². The van der Waals surface area contributed by atoms with E-state index in [9.17, 15) is 13.6 Å². The van der Waals surface area contributed by atoms with E-state index in [-0.39, 0.29) is 29.4 Å². The number of carbonyl (C=O) groups is 1. The van der Waals surface area contributed by atoms with Gasteiger partial charge in [0.05, 0.1) is 31.7 Å². The van der Waals surface area contributed by atoms with Crippen LogP contribution in [0.5, 0.6) is 5.75 Å². The third-order valence-electron chi connectivity index (χ3n) is 7.33. The number of nitrogens with zero attached hydrogens (tertiary/aromatic N) is 2. The van der Waals surface area contributed by atoms with Crippen molar-refractivity contribution >= 4 is 22.7 Å². The summed E-state index contributed by atoms with van der Waals surface area (Å²) in [6.07, 6.45) is 0.721. The number of alkyl halides is 2. The maximum atomic E-state index is 13.5. The molecule has 1 heterocycles. The summed E-state index contributed by atoms with van der Waals surface area (Å²) in [6.45, 7) is 5.50. The van der Waals surface area contributed by atoms with Crippen LogP contribution in [0.15, 0.2) is 30.3 Å². The summed E-state index contributed by atoms with van der Waals surface area (Å²) in [5.74, 6) is 2.05. The molecule has 4 rings (SSSR count). The first-order valence-corrected chi connectivity index (χ1v) is 12.3. The Bertz CT molecular complexity index is 1260. The Morgan fingerprint density at radius 3 is 2.39 bits per heavy atom. The molecule has 8 heteroatoms. The van der Waals surface area contributed by atoms with Gasteiger partial charge in [-0.1, -0.05) is 18.2 Å². The number of ether oxygens (including phenoxy) is 2. The van der Waals surface area contributed by atoms with E-state index in [2.05, 4.69) is 21.4 Å². The van der Waals surface area contributed by atoms with Crippen molar-refractivity contribution in [1.29, 1.82) is 0 Å². The minimum Gasteiger partial charge on any atom is -0.496 e. The number of esters is 1. The molecule has 1 fully saturated rings. The standard InChI is InChI=1S/C28H33F2N3O3/c1-15-20(7-6-8-21(15)26(29)30)16(2)31-27-23-13-22(18-9-11-19(12-10-18)28(34)36-5)25(35-4)14-24(23)32-17(3)33-27/h6-8,13-14,16,18-19,26H,9-12H2,1-5H3,(H,31,32,33)/t16-,18?,19?/m1/s1. The second kappa shape index (κ2) is 10.8. The number of hydrogen-bond acceptors (Lipinski definition) is 6. The zero-order chi connectivity index (χ0) is 26.0. The summed E-state index contributed by atoms with van der Waals surface area (Å²) in [4.78, 5) is 21.3. The van der Waals surface area contributed by atoms with E-state index < -0.39 is 6.43 Å². The molecule has 1 aromatic heterocycles. The number of rotatable bonds is 7. The Morgan fingerprint density at radius 2 is 1.75 bits per heavy atom. The molecule has 1 aliphatic carbocycles. The predicted molar refractivity (Wildman–Crippen MR) is 136 cm³/mol. The summed E-state index contributed by atoms with van der Waals surface area (Å²) in [5.41, 5.74) is 3.23. The van der Waals surface area contributed by atoms with E-state index in [4.69, 9.17) is 9.47 Å². The summed E-state index contributed by atoms with van der Waals surface area (Å²) in [5, 5.41) is 4.30. The van der Waals surface area contributed by atoms with Gasteiger partial charge in [0, 0.05) is 17.0 Å². The number of hydrogen-bond donors (Lipinski definition) is 1. The molecule has 3 aromatic rings. The van der Waals surface area contributed by atoms with Gasteiger partial charge in [-0.3, -0.25) is 4.79 Å². The van der Waals surface area contributed by atoms with E-state index >= 15 is 0 Å². The van der Waals surface area contributed by atoms with Gasteiger partial charge in [0.25, 0.3) is 6.43 Å². The molecular weight excluding hydrogens is 464 g/mol. The maximum Gasteiger partial charge on any atom is 0.308 e. The molecule has 0 unspecified atom stereocenters. The van der Waals surface area contributed by atoms with Crippen LogP contribution in [0, 0.1) is 19.8 Å². The fourth-order valence-corrected chi connectivity index (χ4v) is 5.36. The van der Waals surface area contributed by atoms with E-state index in [1.54, 1.807) is 20.1 Å². The van der Waals surface area contributed by atoms with Gasteiger partial charge in [-0.05, 0) is 75.1 Å². The number of fused-ring (bicyclic) bond motifs is 1. The minimum atomic E-state index is -2.52. The highest BCUT2D eigenvalue weighted by atomic mass is 19.3. The Labute approximate surface area is 210 Å². The SMILES string of the molecule is COC(=O)C1CCC(c2cc3c(N[C@H](C)c4cccc(C(F)F)c4C)nc(C)nc3cc2OC)CC1.